The van der Waals surface area contributed by atoms with Crippen molar-refractivity contribution in [1.82, 2.24) is 10.2 Å². The van der Waals surface area contributed by atoms with Crippen molar-refractivity contribution >= 4 is 11.7 Å². The number of hydrogen-bond donors (Lipinski definition) is 2. The molecule has 1 amide bonds. The van der Waals surface area contributed by atoms with Crippen LogP contribution in [0.5, 0.6) is 0 Å². The number of amides is 1. The molecule has 0 aliphatic rings. The topological polar surface area (TPSA) is 80.9 Å². The highest BCUT2D eigenvalue weighted by Gasteiger charge is 2.03. The number of anilines is 1. The molecule has 0 radical (unpaired) electrons. The summed E-state index contributed by atoms with van der Waals surface area (Å²) in [6.07, 6.45) is 0. The minimum Gasteiger partial charge on any atom is -0.365 e. The molecule has 0 aliphatic heterocycles. The van der Waals surface area contributed by atoms with Crippen LogP contribution in [0.1, 0.15) is 16.1 Å². The number of primary amides is 1. The van der Waals surface area contributed by atoms with Crippen LogP contribution in [0.4, 0.5) is 10.2 Å². The van der Waals surface area contributed by atoms with Crippen LogP contribution in [-0.4, -0.2) is 16.1 Å². The number of nitrogens with one attached hydrogen (secondary N) is 1. The molecule has 2 aromatic rings. The predicted octanol–water partition coefficient (Wildman–Crippen LogP) is 1.33. The van der Waals surface area contributed by atoms with E-state index in [0.29, 0.717) is 12.4 Å². The van der Waals surface area contributed by atoms with E-state index >= 15 is 0 Å². The van der Waals surface area contributed by atoms with Gasteiger partial charge in [0.05, 0.1) is 0 Å². The van der Waals surface area contributed by atoms with Crippen molar-refractivity contribution < 1.29 is 9.18 Å². The van der Waals surface area contributed by atoms with Crippen LogP contribution in [0.15, 0.2) is 36.4 Å². The number of hydrogen-bond acceptors (Lipinski definition) is 4. The second kappa shape index (κ2) is 5.22. The Bertz CT molecular complexity index is 556. The maximum absolute atomic E-state index is 12.9. The van der Waals surface area contributed by atoms with Gasteiger partial charge in [-0.1, -0.05) is 12.1 Å². The summed E-state index contributed by atoms with van der Waals surface area (Å²) in [4.78, 5) is 10.8. The van der Waals surface area contributed by atoms with Gasteiger partial charge in [-0.2, -0.15) is 0 Å². The van der Waals surface area contributed by atoms with E-state index in [2.05, 4.69) is 15.5 Å². The van der Waals surface area contributed by atoms with Crippen molar-refractivity contribution in [2.45, 2.75) is 6.54 Å². The molecule has 0 aliphatic carbocycles. The van der Waals surface area contributed by atoms with Crippen LogP contribution in [0.25, 0.3) is 0 Å². The highest BCUT2D eigenvalue weighted by atomic mass is 19.1. The van der Waals surface area contributed by atoms with E-state index in [1.807, 2.05) is 0 Å². The molecule has 1 heterocycles. The molecule has 0 fully saturated rings. The molecule has 0 saturated heterocycles. The van der Waals surface area contributed by atoms with Gasteiger partial charge in [0.25, 0.3) is 5.91 Å². The zero-order valence-corrected chi connectivity index (χ0v) is 9.43. The Kier molecular flexibility index (Phi) is 3.47. The lowest BCUT2D eigenvalue weighted by molar-refractivity contribution is 0.0994. The highest BCUT2D eigenvalue weighted by Crippen LogP contribution is 2.07. The monoisotopic (exact) mass is 246 g/mol. The van der Waals surface area contributed by atoms with E-state index in [9.17, 15) is 9.18 Å². The van der Waals surface area contributed by atoms with Crippen molar-refractivity contribution in [1.29, 1.82) is 0 Å². The van der Waals surface area contributed by atoms with Gasteiger partial charge in [-0.15, -0.1) is 10.2 Å². The smallest absolute Gasteiger partial charge is 0.269 e. The molecule has 0 saturated carbocycles. The first kappa shape index (κ1) is 12.0. The number of nitrogens with zero attached hydrogens (tertiary/aromatic N) is 2. The molecule has 0 unspecified atom stereocenters. The third kappa shape index (κ3) is 3.00. The summed E-state index contributed by atoms with van der Waals surface area (Å²) >= 11 is 0. The second-order valence-electron chi connectivity index (χ2n) is 3.65. The molecular formula is C12H11FN4O. The molecule has 1 aromatic carbocycles. The Labute approximate surface area is 103 Å². The van der Waals surface area contributed by atoms with Gasteiger partial charge < -0.3 is 11.1 Å². The summed E-state index contributed by atoms with van der Waals surface area (Å²) in [6, 6.07) is 9.30. The molecule has 2 rings (SSSR count). The van der Waals surface area contributed by atoms with Gasteiger partial charge in [-0.05, 0) is 29.8 Å². The molecule has 0 atom stereocenters. The first-order chi connectivity index (χ1) is 8.65. The molecular weight excluding hydrogens is 235 g/mol. The van der Waals surface area contributed by atoms with Gasteiger partial charge in [0.2, 0.25) is 0 Å². The Balaban J connectivity index is 2.00. The van der Waals surface area contributed by atoms with Crippen LogP contribution in [0.3, 0.4) is 0 Å². The number of rotatable bonds is 4. The molecule has 6 heteroatoms. The van der Waals surface area contributed by atoms with Crippen LogP contribution in [-0.2, 0) is 6.54 Å². The van der Waals surface area contributed by atoms with Gasteiger partial charge in [-0.25, -0.2) is 4.39 Å². The predicted molar refractivity (Wildman–Crippen MR) is 64.3 cm³/mol. The number of carbonyl (C=O) groups is 1. The van der Waals surface area contributed by atoms with Crippen LogP contribution < -0.4 is 11.1 Å². The first-order valence-corrected chi connectivity index (χ1v) is 5.27. The van der Waals surface area contributed by atoms with Crippen LogP contribution in [0.2, 0.25) is 0 Å². The van der Waals surface area contributed by atoms with Gasteiger partial charge in [0.1, 0.15) is 11.6 Å². The average molecular weight is 246 g/mol. The molecule has 5 nitrogen and oxygen atoms in total. The normalized spacial score (nSPS) is 10.1. The SMILES string of the molecule is NC(=O)c1ccc(NCc2cccc(F)c2)nn1. The van der Waals surface area contributed by atoms with Gasteiger partial charge >= 0.3 is 0 Å². The van der Waals surface area contributed by atoms with Crippen LogP contribution in [0, 0.1) is 5.82 Å². The standard InChI is InChI=1S/C12H11FN4O/c13-9-3-1-2-8(6-9)7-15-11-5-4-10(12(14)18)16-17-11/h1-6H,7H2,(H2,14,18)(H,15,17). The van der Waals surface area contributed by atoms with E-state index in [4.69, 9.17) is 5.73 Å². The van der Waals surface area contributed by atoms with Crippen LogP contribution >= 0.6 is 0 Å². The first-order valence-electron chi connectivity index (χ1n) is 5.27. The number of halogens is 1. The molecule has 3 N–H and O–H groups in total. The van der Waals surface area contributed by atoms with E-state index in [1.165, 1.54) is 18.2 Å². The minimum atomic E-state index is -0.626. The Morgan fingerprint density at radius 1 is 1.28 bits per heavy atom. The van der Waals surface area contributed by atoms with Crippen molar-refractivity contribution in [3.8, 4) is 0 Å². The number of aromatic nitrogens is 2. The minimum absolute atomic E-state index is 0.103. The fourth-order valence-electron chi connectivity index (χ4n) is 1.40. The Hall–Kier alpha value is -2.50. The zero-order valence-electron chi connectivity index (χ0n) is 9.43. The number of benzene rings is 1. The summed E-state index contributed by atoms with van der Waals surface area (Å²) in [5.41, 5.74) is 5.93. The summed E-state index contributed by atoms with van der Waals surface area (Å²) in [6.45, 7) is 0.419. The summed E-state index contributed by atoms with van der Waals surface area (Å²) < 4.78 is 12.9. The van der Waals surface area contributed by atoms with Gasteiger partial charge in [0, 0.05) is 6.54 Å². The van der Waals surface area contributed by atoms with Crippen molar-refractivity contribution in [2.24, 2.45) is 5.73 Å². The zero-order chi connectivity index (χ0) is 13.0. The van der Waals surface area contributed by atoms with E-state index < -0.39 is 5.91 Å². The number of carbonyl (C=O) groups excluding carboxylic acids is 1. The highest BCUT2D eigenvalue weighted by molar-refractivity contribution is 5.90. The quantitative estimate of drug-likeness (QED) is 0.852. The maximum Gasteiger partial charge on any atom is 0.269 e. The molecule has 92 valence electrons. The third-order valence-corrected chi connectivity index (χ3v) is 2.28. The molecule has 0 spiro atoms. The maximum atomic E-state index is 12.9. The third-order valence-electron chi connectivity index (χ3n) is 2.28. The molecule has 1 aromatic heterocycles. The Morgan fingerprint density at radius 3 is 2.72 bits per heavy atom. The fourth-order valence-corrected chi connectivity index (χ4v) is 1.40. The lowest BCUT2D eigenvalue weighted by Crippen LogP contribution is -2.14. The number of nitrogens with two attached hydrogens (primary N) is 1. The molecule has 0 bridgehead atoms. The second-order valence-corrected chi connectivity index (χ2v) is 3.65. The summed E-state index contributed by atoms with van der Waals surface area (Å²) in [7, 11) is 0. The average Bonchev–Trinajstić information content (AvgIpc) is 2.37. The van der Waals surface area contributed by atoms with Crippen molar-refractivity contribution in [3.05, 3.63) is 53.5 Å². The lowest BCUT2D eigenvalue weighted by atomic mass is 10.2. The largest absolute Gasteiger partial charge is 0.365 e. The fraction of sp³-hybridized carbons (Fsp3) is 0.0833. The van der Waals surface area contributed by atoms with Gasteiger partial charge in [0.15, 0.2) is 5.69 Å². The van der Waals surface area contributed by atoms with Crippen molar-refractivity contribution in [3.63, 3.8) is 0 Å². The van der Waals surface area contributed by atoms with E-state index in [1.54, 1.807) is 18.2 Å². The van der Waals surface area contributed by atoms with Gasteiger partial charge in [-0.3, -0.25) is 4.79 Å². The van der Waals surface area contributed by atoms with E-state index in [-0.39, 0.29) is 11.5 Å². The lowest BCUT2D eigenvalue weighted by Gasteiger charge is -2.05. The summed E-state index contributed by atoms with van der Waals surface area (Å²) in [5, 5.41) is 10.4. The van der Waals surface area contributed by atoms with Crippen molar-refractivity contribution in [2.75, 3.05) is 5.32 Å². The summed E-state index contributed by atoms with van der Waals surface area (Å²) in [5.74, 6) is -0.423. The van der Waals surface area contributed by atoms with E-state index in [0.717, 1.165) is 5.56 Å². The molecule has 18 heavy (non-hydrogen) atoms. The Morgan fingerprint density at radius 2 is 2.11 bits per heavy atom.